The lowest BCUT2D eigenvalue weighted by molar-refractivity contribution is -0.138. The van der Waals surface area contributed by atoms with Crippen molar-refractivity contribution in [3.05, 3.63) is 59.7 Å². The van der Waals surface area contributed by atoms with Crippen LogP contribution in [0.15, 0.2) is 48.5 Å². The average Bonchev–Trinajstić information content (AvgIpc) is 2.94. The second-order valence-corrected chi connectivity index (χ2v) is 6.09. The van der Waals surface area contributed by atoms with Gasteiger partial charge in [0.25, 0.3) is 5.91 Å². The van der Waals surface area contributed by atoms with Crippen molar-refractivity contribution in [1.82, 2.24) is 10.2 Å². The summed E-state index contributed by atoms with van der Waals surface area (Å²) < 4.78 is 0. The van der Waals surface area contributed by atoms with Gasteiger partial charge in [-0.1, -0.05) is 36.4 Å². The molecule has 0 saturated carbocycles. The molecule has 1 aliphatic rings. The summed E-state index contributed by atoms with van der Waals surface area (Å²) in [6.07, 6.45) is 0.542. The minimum Gasteiger partial charge on any atom is -0.350 e. The summed E-state index contributed by atoms with van der Waals surface area (Å²) in [7, 11) is 0. The Kier molecular flexibility index (Phi) is 4.93. The van der Waals surface area contributed by atoms with E-state index in [1.165, 1.54) is 10.5 Å². The van der Waals surface area contributed by atoms with Gasteiger partial charge in [0, 0.05) is 31.5 Å². The van der Waals surface area contributed by atoms with Crippen LogP contribution in [-0.4, -0.2) is 35.7 Å². The lowest BCUT2D eigenvalue weighted by Gasteiger charge is -2.14. The SMILES string of the molecule is Cc1ccccc1-c1ccc(C(=O)NCCN2C(=O)CCC2=O)cc1. The molecule has 25 heavy (non-hydrogen) atoms. The minimum atomic E-state index is -0.213. The first kappa shape index (κ1) is 16.9. The van der Waals surface area contributed by atoms with E-state index < -0.39 is 0 Å². The van der Waals surface area contributed by atoms with Crippen molar-refractivity contribution in [2.24, 2.45) is 0 Å². The number of hydrogen-bond acceptors (Lipinski definition) is 3. The van der Waals surface area contributed by atoms with Crippen LogP contribution in [0.3, 0.4) is 0 Å². The predicted octanol–water partition coefficient (Wildman–Crippen LogP) is 2.54. The molecule has 2 aromatic rings. The fourth-order valence-electron chi connectivity index (χ4n) is 2.95. The number of carbonyl (C=O) groups excluding carboxylic acids is 3. The zero-order valence-corrected chi connectivity index (χ0v) is 14.1. The Hall–Kier alpha value is -2.95. The molecule has 3 amide bonds. The number of hydrogen-bond donors (Lipinski definition) is 1. The number of amides is 3. The van der Waals surface area contributed by atoms with Crippen molar-refractivity contribution < 1.29 is 14.4 Å². The Morgan fingerprint density at radius 2 is 1.64 bits per heavy atom. The second-order valence-electron chi connectivity index (χ2n) is 6.09. The van der Waals surface area contributed by atoms with Gasteiger partial charge in [0.2, 0.25) is 11.8 Å². The Morgan fingerprint density at radius 3 is 2.28 bits per heavy atom. The first-order valence-corrected chi connectivity index (χ1v) is 8.34. The molecule has 0 radical (unpaired) electrons. The van der Waals surface area contributed by atoms with E-state index in [4.69, 9.17) is 0 Å². The van der Waals surface area contributed by atoms with Gasteiger partial charge in [0.05, 0.1) is 0 Å². The number of carbonyl (C=O) groups is 3. The zero-order valence-electron chi connectivity index (χ0n) is 14.1. The second kappa shape index (κ2) is 7.30. The van der Waals surface area contributed by atoms with Crippen LogP contribution in [0.1, 0.15) is 28.8 Å². The third kappa shape index (κ3) is 3.76. The summed E-state index contributed by atoms with van der Waals surface area (Å²) in [6, 6.07) is 15.5. The highest BCUT2D eigenvalue weighted by molar-refractivity contribution is 6.02. The highest BCUT2D eigenvalue weighted by atomic mass is 16.2. The summed E-state index contributed by atoms with van der Waals surface area (Å²) in [5, 5.41) is 2.75. The molecule has 1 heterocycles. The van der Waals surface area contributed by atoms with Crippen LogP contribution in [-0.2, 0) is 9.59 Å². The van der Waals surface area contributed by atoms with Crippen LogP contribution in [0.4, 0.5) is 0 Å². The quantitative estimate of drug-likeness (QED) is 0.853. The molecule has 1 aliphatic heterocycles. The number of aryl methyl sites for hydroxylation is 1. The Balaban J connectivity index is 1.59. The van der Waals surface area contributed by atoms with E-state index in [2.05, 4.69) is 24.4 Å². The Morgan fingerprint density at radius 1 is 1.00 bits per heavy atom. The van der Waals surface area contributed by atoms with E-state index in [1.54, 1.807) is 12.1 Å². The van der Waals surface area contributed by atoms with E-state index in [1.807, 2.05) is 24.3 Å². The Labute approximate surface area is 146 Å². The molecule has 5 nitrogen and oxygen atoms in total. The van der Waals surface area contributed by atoms with Gasteiger partial charge in [-0.2, -0.15) is 0 Å². The zero-order chi connectivity index (χ0) is 17.8. The van der Waals surface area contributed by atoms with Crippen LogP contribution in [0.5, 0.6) is 0 Å². The minimum absolute atomic E-state index is 0.165. The maximum atomic E-state index is 12.2. The van der Waals surface area contributed by atoms with Crippen molar-refractivity contribution >= 4 is 17.7 Å². The lowest BCUT2D eigenvalue weighted by Crippen LogP contribution is -2.37. The van der Waals surface area contributed by atoms with Crippen molar-refractivity contribution in [2.75, 3.05) is 13.1 Å². The molecule has 0 spiro atoms. The predicted molar refractivity (Wildman–Crippen MR) is 94.9 cm³/mol. The number of rotatable bonds is 5. The van der Waals surface area contributed by atoms with E-state index in [-0.39, 0.29) is 43.7 Å². The third-order valence-electron chi connectivity index (χ3n) is 4.38. The normalized spacial score (nSPS) is 14.0. The smallest absolute Gasteiger partial charge is 0.251 e. The van der Waals surface area contributed by atoms with Gasteiger partial charge in [-0.25, -0.2) is 0 Å². The molecule has 1 N–H and O–H groups in total. The molecular weight excluding hydrogens is 316 g/mol. The maximum Gasteiger partial charge on any atom is 0.251 e. The van der Waals surface area contributed by atoms with Gasteiger partial charge in [-0.05, 0) is 35.7 Å². The van der Waals surface area contributed by atoms with Crippen LogP contribution < -0.4 is 5.32 Å². The molecule has 5 heteroatoms. The van der Waals surface area contributed by atoms with Crippen LogP contribution >= 0.6 is 0 Å². The fraction of sp³-hybridized carbons (Fsp3) is 0.250. The molecule has 0 aliphatic carbocycles. The molecule has 0 aromatic heterocycles. The van der Waals surface area contributed by atoms with Gasteiger partial charge in [-0.3, -0.25) is 19.3 Å². The molecule has 2 aromatic carbocycles. The first-order chi connectivity index (χ1) is 12.1. The molecular formula is C20H20N2O3. The van der Waals surface area contributed by atoms with E-state index >= 15 is 0 Å². The summed E-state index contributed by atoms with van der Waals surface area (Å²) in [5.41, 5.74) is 3.93. The number of likely N-dealkylation sites (tertiary alicyclic amines) is 1. The van der Waals surface area contributed by atoms with Crippen molar-refractivity contribution in [2.45, 2.75) is 19.8 Å². The topological polar surface area (TPSA) is 66.5 Å². The highest BCUT2D eigenvalue weighted by Crippen LogP contribution is 2.23. The summed E-state index contributed by atoms with van der Waals surface area (Å²) in [6.45, 7) is 2.54. The van der Waals surface area contributed by atoms with E-state index in [0.29, 0.717) is 5.56 Å². The Bertz CT molecular complexity index is 796. The largest absolute Gasteiger partial charge is 0.350 e. The van der Waals surface area contributed by atoms with Gasteiger partial charge in [0.15, 0.2) is 0 Å². The number of benzene rings is 2. The first-order valence-electron chi connectivity index (χ1n) is 8.34. The van der Waals surface area contributed by atoms with Gasteiger partial charge >= 0.3 is 0 Å². The number of nitrogens with one attached hydrogen (secondary N) is 1. The van der Waals surface area contributed by atoms with Crippen LogP contribution in [0.25, 0.3) is 11.1 Å². The van der Waals surface area contributed by atoms with Crippen molar-refractivity contribution in [3.63, 3.8) is 0 Å². The molecule has 0 atom stereocenters. The third-order valence-corrected chi connectivity index (χ3v) is 4.38. The number of imide groups is 1. The standard InChI is InChI=1S/C20H20N2O3/c1-14-4-2-3-5-17(14)15-6-8-16(9-7-15)20(25)21-12-13-22-18(23)10-11-19(22)24/h2-9H,10-13H2,1H3,(H,21,25). The van der Waals surface area contributed by atoms with E-state index in [9.17, 15) is 14.4 Å². The van der Waals surface area contributed by atoms with Crippen LogP contribution in [0.2, 0.25) is 0 Å². The van der Waals surface area contributed by atoms with Crippen molar-refractivity contribution in [1.29, 1.82) is 0 Å². The molecule has 1 saturated heterocycles. The maximum absolute atomic E-state index is 12.2. The van der Waals surface area contributed by atoms with Gasteiger partial charge < -0.3 is 5.32 Å². The average molecular weight is 336 g/mol. The lowest BCUT2D eigenvalue weighted by atomic mass is 9.99. The summed E-state index contributed by atoms with van der Waals surface area (Å²) in [5.74, 6) is -0.543. The highest BCUT2D eigenvalue weighted by Gasteiger charge is 2.28. The molecule has 1 fully saturated rings. The summed E-state index contributed by atoms with van der Waals surface area (Å²) in [4.78, 5) is 36.5. The number of nitrogens with zero attached hydrogens (tertiary/aromatic N) is 1. The fourth-order valence-corrected chi connectivity index (χ4v) is 2.95. The van der Waals surface area contributed by atoms with Gasteiger partial charge in [-0.15, -0.1) is 0 Å². The summed E-state index contributed by atoms with van der Waals surface area (Å²) >= 11 is 0. The molecule has 0 bridgehead atoms. The van der Waals surface area contributed by atoms with E-state index in [0.717, 1.165) is 11.1 Å². The molecule has 128 valence electrons. The van der Waals surface area contributed by atoms with Crippen molar-refractivity contribution in [3.8, 4) is 11.1 Å². The molecule has 3 rings (SSSR count). The monoisotopic (exact) mass is 336 g/mol. The van der Waals surface area contributed by atoms with Gasteiger partial charge in [0.1, 0.15) is 0 Å². The van der Waals surface area contributed by atoms with Crippen LogP contribution in [0, 0.1) is 6.92 Å². The molecule has 0 unspecified atom stereocenters.